The summed E-state index contributed by atoms with van der Waals surface area (Å²) in [5.41, 5.74) is 18.1. The molecule has 0 saturated carbocycles. The maximum Gasteiger partial charge on any atom is 0.100 e. The van der Waals surface area contributed by atoms with E-state index in [1.807, 2.05) is 108 Å². The van der Waals surface area contributed by atoms with Crippen LogP contribution < -0.4 is 11.5 Å². The predicted molar refractivity (Wildman–Crippen MR) is 145 cm³/mol. The zero-order valence-corrected chi connectivity index (χ0v) is 19.9. The quantitative estimate of drug-likeness (QED) is 0.173. The van der Waals surface area contributed by atoms with Gasteiger partial charge in [-0.2, -0.15) is 0 Å². The molecule has 0 saturated heterocycles. The van der Waals surface area contributed by atoms with E-state index >= 15 is 0 Å². The van der Waals surface area contributed by atoms with Crippen LogP contribution >= 0.6 is 22.6 Å². The third kappa shape index (κ3) is 5.89. The molecule has 0 bridgehead atoms. The van der Waals surface area contributed by atoms with Crippen LogP contribution in [0.15, 0.2) is 110 Å². The largest absolute Gasteiger partial charge is 0.399 e. The average Bonchev–Trinajstić information content (AvgIpc) is 3.47. The number of imidazole rings is 2. The minimum atomic E-state index is 0.760. The molecule has 0 aliphatic rings. The van der Waals surface area contributed by atoms with Gasteiger partial charge in [-0.05, 0) is 83.3 Å². The van der Waals surface area contributed by atoms with Gasteiger partial charge in [-0.25, -0.2) is 9.97 Å². The monoisotopic (exact) mass is 546 g/mol. The van der Waals surface area contributed by atoms with E-state index in [4.69, 9.17) is 11.5 Å². The standard InChI is InChI=1S/C13H11N3.C7H6N2.C6H6IN/c14-10-4-3-5-11(8-10)16-9-15-12-6-1-2-7-13(12)16;1-2-4-7-6(3-1)8-5-9-7;7-5-2-1-3-6(8)4-5/h1-9H,14H2;1-5H,(H,8,9);1-4H,8H2. The molecular weight excluding hydrogens is 523 g/mol. The van der Waals surface area contributed by atoms with E-state index in [9.17, 15) is 0 Å². The van der Waals surface area contributed by atoms with Crippen molar-refractivity contribution >= 4 is 56.0 Å². The van der Waals surface area contributed by atoms with Crippen LogP contribution in [0.25, 0.3) is 27.8 Å². The van der Waals surface area contributed by atoms with E-state index in [1.54, 1.807) is 6.33 Å². The Labute approximate surface area is 205 Å². The fourth-order valence-electron chi connectivity index (χ4n) is 3.23. The molecule has 0 radical (unpaired) electrons. The van der Waals surface area contributed by atoms with Gasteiger partial charge in [0.1, 0.15) is 6.33 Å². The Balaban J connectivity index is 0.000000129. The summed E-state index contributed by atoms with van der Waals surface area (Å²) in [6.07, 6.45) is 3.52. The maximum atomic E-state index is 5.78. The fraction of sp³-hybridized carbons (Fsp3) is 0. The zero-order valence-electron chi connectivity index (χ0n) is 17.8. The molecule has 2 heterocycles. The Kier molecular flexibility index (Phi) is 7.21. The van der Waals surface area contributed by atoms with Crippen LogP contribution in [-0.2, 0) is 0 Å². The number of anilines is 2. The number of benzene rings is 4. The Morgan fingerprint density at radius 1 is 0.697 bits per heavy atom. The molecule has 33 heavy (non-hydrogen) atoms. The van der Waals surface area contributed by atoms with Gasteiger partial charge in [-0.3, -0.25) is 4.57 Å². The number of hydrogen-bond acceptors (Lipinski definition) is 4. The van der Waals surface area contributed by atoms with Gasteiger partial charge in [0.25, 0.3) is 0 Å². The SMILES string of the molecule is Nc1cccc(-n2cnc3ccccc32)c1.Nc1cccc(I)c1.c1ccc2[nH]cnc2c1. The van der Waals surface area contributed by atoms with Crippen molar-refractivity contribution in [2.45, 2.75) is 0 Å². The molecule has 0 aliphatic heterocycles. The molecule has 7 heteroatoms. The lowest BCUT2D eigenvalue weighted by atomic mass is 10.2. The van der Waals surface area contributed by atoms with Crippen LogP contribution in [0.1, 0.15) is 0 Å². The van der Waals surface area contributed by atoms with Crippen LogP contribution in [0, 0.1) is 3.57 Å². The second-order valence-electron chi connectivity index (χ2n) is 7.17. The number of fused-ring (bicyclic) bond motifs is 2. The molecule has 0 amide bonds. The summed E-state index contributed by atoms with van der Waals surface area (Å²) in [5.74, 6) is 0. The third-order valence-corrected chi connectivity index (χ3v) is 5.45. The van der Waals surface area contributed by atoms with Gasteiger partial charge >= 0.3 is 0 Å². The first-order valence-corrected chi connectivity index (χ1v) is 11.4. The van der Waals surface area contributed by atoms with Crippen LogP contribution in [0.2, 0.25) is 0 Å². The first-order chi connectivity index (χ1) is 16.1. The molecule has 164 valence electrons. The highest BCUT2D eigenvalue weighted by atomic mass is 127. The zero-order chi connectivity index (χ0) is 23.0. The molecule has 6 rings (SSSR count). The molecule has 0 fully saturated rings. The number of nitrogen functional groups attached to an aromatic ring is 2. The highest BCUT2D eigenvalue weighted by Gasteiger charge is 2.03. The molecule has 6 aromatic rings. The van der Waals surface area contributed by atoms with Crippen molar-refractivity contribution in [1.82, 2.24) is 19.5 Å². The Morgan fingerprint density at radius 2 is 1.39 bits per heavy atom. The number of nitrogens with two attached hydrogens (primary N) is 2. The van der Waals surface area contributed by atoms with Crippen molar-refractivity contribution in [3.8, 4) is 5.69 Å². The number of hydrogen-bond donors (Lipinski definition) is 3. The average molecular weight is 546 g/mol. The molecule has 2 aromatic heterocycles. The molecule has 0 aliphatic carbocycles. The molecule has 6 nitrogen and oxygen atoms in total. The van der Waals surface area contributed by atoms with Gasteiger partial charge in [0.15, 0.2) is 0 Å². The number of para-hydroxylation sites is 4. The van der Waals surface area contributed by atoms with E-state index in [0.29, 0.717) is 0 Å². The summed E-state index contributed by atoms with van der Waals surface area (Å²) in [7, 11) is 0. The van der Waals surface area contributed by atoms with Crippen molar-refractivity contribution in [3.63, 3.8) is 0 Å². The van der Waals surface area contributed by atoms with Crippen molar-refractivity contribution in [2.24, 2.45) is 0 Å². The number of nitrogens with one attached hydrogen (secondary N) is 1. The molecule has 4 aromatic carbocycles. The smallest absolute Gasteiger partial charge is 0.100 e. The molecule has 5 N–H and O–H groups in total. The van der Waals surface area contributed by atoms with Crippen molar-refractivity contribution < 1.29 is 0 Å². The van der Waals surface area contributed by atoms with Crippen molar-refractivity contribution in [3.05, 3.63) is 113 Å². The summed E-state index contributed by atoms with van der Waals surface area (Å²) in [6.45, 7) is 0. The van der Waals surface area contributed by atoms with Gasteiger partial charge in [0.05, 0.1) is 28.4 Å². The van der Waals surface area contributed by atoms with E-state index in [1.165, 1.54) is 3.57 Å². The normalized spacial score (nSPS) is 10.2. The number of halogens is 1. The Bertz CT molecular complexity index is 1420. The molecule has 0 atom stereocenters. The summed E-state index contributed by atoms with van der Waals surface area (Å²) in [6, 6.07) is 31.5. The summed E-state index contributed by atoms with van der Waals surface area (Å²) in [4.78, 5) is 11.4. The first kappa shape index (κ1) is 22.3. The molecule has 0 spiro atoms. The summed E-state index contributed by atoms with van der Waals surface area (Å²) in [5, 5.41) is 0. The van der Waals surface area contributed by atoms with E-state index in [-0.39, 0.29) is 0 Å². The summed E-state index contributed by atoms with van der Waals surface area (Å²) >= 11 is 2.23. The van der Waals surface area contributed by atoms with E-state index < -0.39 is 0 Å². The van der Waals surface area contributed by atoms with E-state index in [0.717, 1.165) is 39.1 Å². The predicted octanol–water partition coefficient (Wildman–Crippen LogP) is 6.04. The first-order valence-electron chi connectivity index (χ1n) is 10.3. The highest BCUT2D eigenvalue weighted by Crippen LogP contribution is 2.19. The van der Waals surface area contributed by atoms with Gasteiger partial charge in [0, 0.05) is 20.6 Å². The van der Waals surface area contributed by atoms with E-state index in [2.05, 4.69) is 37.5 Å². The Hall–Kier alpha value is -3.85. The van der Waals surface area contributed by atoms with Crippen LogP contribution in [0.3, 0.4) is 0 Å². The fourth-order valence-corrected chi connectivity index (χ4v) is 3.79. The van der Waals surface area contributed by atoms with Gasteiger partial charge < -0.3 is 16.5 Å². The van der Waals surface area contributed by atoms with Gasteiger partial charge in [0.2, 0.25) is 0 Å². The lowest BCUT2D eigenvalue weighted by molar-refractivity contribution is 1.09. The van der Waals surface area contributed by atoms with Crippen LogP contribution in [0.4, 0.5) is 11.4 Å². The van der Waals surface area contributed by atoms with Crippen molar-refractivity contribution in [2.75, 3.05) is 11.5 Å². The van der Waals surface area contributed by atoms with Gasteiger partial charge in [-0.1, -0.05) is 36.4 Å². The van der Waals surface area contributed by atoms with Crippen LogP contribution in [-0.4, -0.2) is 19.5 Å². The number of rotatable bonds is 1. The highest BCUT2D eigenvalue weighted by molar-refractivity contribution is 14.1. The molecule has 0 unspecified atom stereocenters. The van der Waals surface area contributed by atoms with Crippen LogP contribution in [0.5, 0.6) is 0 Å². The second kappa shape index (κ2) is 10.6. The lowest BCUT2D eigenvalue weighted by Crippen LogP contribution is -1.93. The number of nitrogens with zero attached hydrogens (tertiary/aromatic N) is 3. The lowest BCUT2D eigenvalue weighted by Gasteiger charge is -2.04. The van der Waals surface area contributed by atoms with Crippen molar-refractivity contribution in [1.29, 1.82) is 0 Å². The minimum Gasteiger partial charge on any atom is -0.399 e. The number of H-pyrrole nitrogens is 1. The number of aromatic amines is 1. The maximum absolute atomic E-state index is 5.78. The van der Waals surface area contributed by atoms with Gasteiger partial charge in [-0.15, -0.1) is 0 Å². The minimum absolute atomic E-state index is 0.760. The molecular formula is C26H23IN6. The Morgan fingerprint density at radius 3 is 2.09 bits per heavy atom. The second-order valence-corrected chi connectivity index (χ2v) is 8.42. The summed E-state index contributed by atoms with van der Waals surface area (Å²) < 4.78 is 3.22. The number of aromatic nitrogens is 4. The topological polar surface area (TPSA) is 98.5 Å². The third-order valence-electron chi connectivity index (χ3n) is 4.78.